The maximum absolute atomic E-state index is 9.92. The maximum atomic E-state index is 9.92. The summed E-state index contributed by atoms with van der Waals surface area (Å²) in [6.45, 7) is 15.9. The molecular formula is C21H32N2O2. The van der Waals surface area contributed by atoms with Gasteiger partial charge in [-0.15, -0.1) is 0 Å². The minimum Gasteiger partial charge on any atom is -0.508 e. The Morgan fingerprint density at radius 2 is 1.16 bits per heavy atom. The number of benzene rings is 2. The molecule has 0 aliphatic heterocycles. The molecule has 4 nitrogen and oxygen atoms in total. The summed E-state index contributed by atoms with van der Waals surface area (Å²) in [5.74, 6) is 0.510. The minimum atomic E-state index is -0.162. The highest BCUT2D eigenvalue weighted by Crippen LogP contribution is 2.34. The molecule has 0 spiro atoms. The number of nitrogens with zero attached hydrogens (tertiary/aromatic N) is 2. The standard InChI is InChI=1S/C17H20N2O2.2C2H6/c1-11-9-12(5-7-15(11)20)18-19-13-6-8-16(21)14(10-13)17(2,3)4;2*1-2/h5-10,20-21H,1-4H3;2*1-2H3. The Hall–Kier alpha value is -2.36. The highest BCUT2D eigenvalue weighted by Gasteiger charge is 2.18. The van der Waals surface area contributed by atoms with Crippen LogP contribution < -0.4 is 0 Å². The minimum absolute atomic E-state index is 0.162. The van der Waals surface area contributed by atoms with Gasteiger partial charge in [-0.2, -0.15) is 10.2 Å². The Bertz CT molecular complexity index is 687. The Balaban J connectivity index is 0.00000134. The molecule has 2 N–H and O–H groups in total. The summed E-state index contributed by atoms with van der Waals surface area (Å²) in [5, 5.41) is 27.8. The number of phenolic OH excluding ortho intramolecular Hbond substituents is 2. The summed E-state index contributed by atoms with van der Waals surface area (Å²) >= 11 is 0. The van der Waals surface area contributed by atoms with Crippen molar-refractivity contribution in [3.63, 3.8) is 0 Å². The van der Waals surface area contributed by atoms with Crippen molar-refractivity contribution in [2.24, 2.45) is 10.2 Å². The summed E-state index contributed by atoms with van der Waals surface area (Å²) in [6, 6.07) is 10.3. The van der Waals surface area contributed by atoms with E-state index in [4.69, 9.17) is 0 Å². The summed E-state index contributed by atoms with van der Waals surface area (Å²) in [5.41, 5.74) is 2.79. The zero-order chi connectivity index (χ0) is 19.6. The van der Waals surface area contributed by atoms with E-state index in [9.17, 15) is 10.2 Å². The normalized spacial score (nSPS) is 10.6. The average Bonchev–Trinajstić information content (AvgIpc) is 2.59. The number of rotatable bonds is 2. The molecule has 0 radical (unpaired) electrons. The molecule has 0 fully saturated rings. The van der Waals surface area contributed by atoms with Gasteiger partial charge in [0.25, 0.3) is 0 Å². The van der Waals surface area contributed by atoms with Gasteiger partial charge in [0.15, 0.2) is 0 Å². The predicted molar refractivity (Wildman–Crippen MR) is 107 cm³/mol. The molecule has 0 aliphatic carbocycles. The van der Waals surface area contributed by atoms with Gasteiger partial charge in [-0.1, -0.05) is 48.5 Å². The Morgan fingerprint density at radius 1 is 0.720 bits per heavy atom. The molecule has 0 unspecified atom stereocenters. The fourth-order valence-corrected chi connectivity index (χ4v) is 2.00. The van der Waals surface area contributed by atoms with Crippen LogP contribution in [-0.4, -0.2) is 10.2 Å². The van der Waals surface area contributed by atoms with Gasteiger partial charge in [0.1, 0.15) is 11.5 Å². The molecule has 0 aliphatic rings. The van der Waals surface area contributed by atoms with E-state index in [-0.39, 0.29) is 16.9 Å². The average molecular weight is 344 g/mol. The van der Waals surface area contributed by atoms with E-state index in [0.717, 1.165) is 11.1 Å². The zero-order valence-corrected chi connectivity index (χ0v) is 16.8. The molecule has 0 saturated carbocycles. The first-order chi connectivity index (χ1) is 11.8. The van der Waals surface area contributed by atoms with Gasteiger partial charge in [-0.3, -0.25) is 0 Å². The third kappa shape index (κ3) is 6.96. The van der Waals surface area contributed by atoms with Crippen LogP contribution in [0.15, 0.2) is 46.6 Å². The van der Waals surface area contributed by atoms with Crippen LogP contribution in [-0.2, 0) is 5.41 Å². The van der Waals surface area contributed by atoms with E-state index in [2.05, 4.69) is 10.2 Å². The van der Waals surface area contributed by atoms with Gasteiger partial charge < -0.3 is 10.2 Å². The van der Waals surface area contributed by atoms with Crippen LogP contribution in [0.4, 0.5) is 11.4 Å². The second-order valence-electron chi connectivity index (χ2n) is 6.12. The van der Waals surface area contributed by atoms with Crippen molar-refractivity contribution < 1.29 is 10.2 Å². The molecule has 25 heavy (non-hydrogen) atoms. The van der Waals surface area contributed by atoms with E-state index in [1.807, 2.05) is 61.5 Å². The van der Waals surface area contributed by atoms with Gasteiger partial charge in [-0.05, 0) is 54.3 Å². The number of hydrogen-bond acceptors (Lipinski definition) is 4. The molecule has 2 rings (SSSR count). The first-order valence-electron chi connectivity index (χ1n) is 8.82. The van der Waals surface area contributed by atoms with Crippen molar-refractivity contribution in [2.75, 3.05) is 0 Å². The molecule has 2 aromatic carbocycles. The number of aryl methyl sites for hydroxylation is 1. The van der Waals surface area contributed by atoms with Crippen molar-refractivity contribution in [1.29, 1.82) is 0 Å². The molecule has 138 valence electrons. The number of azo groups is 1. The second kappa shape index (κ2) is 10.5. The van der Waals surface area contributed by atoms with Gasteiger partial charge in [0.05, 0.1) is 11.4 Å². The van der Waals surface area contributed by atoms with Crippen LogP contribution in [0.25, 0.3) is 0 Å². The lowest BCUT2D eigenvalue weighted by Gasteiger charge is -2.20. The summed E-state index contributed by atoms with van der Waals surface area (Å²) in [7, 11) is 0. The van der Waals surface area contributed by atoms with Crippen LogP contribution >= 0.6 is 0 Å². The topological polar surface area (TPSA) is 65.2 Å². The lowest BCUT2D eigenvalue weighted by molar-refractivity contribution is 0.447. The molecule has 2 aromatic rings. The Morgan fingerprint density at radius 3 is 1.60 bits per heavy atom. The fraction of sp³-hybridized carbons (Fsp3) is 0.429. The lowest BCUT2D eigenvalue weighted by Crippen LogP contribution is -2.10. The summed E-state index contributed by atoms with van der Waals surface area (Å²) < 4.78 is 0. The molecule has 0 amide bonds. The van der Waals surface area contributed by atoms with Gasteiger partial charge >= 0.3 is 0 Å². The van der Waals surface area contributed by atoms with E-state index in [1.54, 1.807) is 30.3 Å². The molecule has 0 saturated heterocycles. The molecule has 0 heterocycles. The molecule has 4 heteroatoms. The van der Waals surface area contributed by atoms with Crippen molar-refractivity contribution in [3.05, 3.63) is 47.5 Å². The van der Waals surface area contributed by atoms with Crippen molar-refractivity contribution >= 4 is 11.4 Å². The van der Waals surface area contributed by atoms with Crippen molar-refractivity contribution in [1.82, 2.24) is 0 Å². The Kier molecular flexibility index (Phi) is 9.50. The number of phenols is 2. The molecule has 0 atom stereocenters. The second-order valence-corrected chi connectivity index (χ2v) is 6.12. The quantitative estimate of drug-likeness (QED) is 0.567. The van der Waals surface area contributed by atoms with E-state index < -0.39 is 0 Å². The first kappa shape index (κ1) is 22.6. The summed E-state index contributed by atoms with van der Waals surface area (Å²) in [4.78, 5) is 0. The molecule has 0 bridgehead atoms. The first-order valence-corrected chi connectivity index (χ1v) is 8.82. The van der Waals surface area contributed by atoms with E-state index in [0.29, 0.717) is 11.4 Å². The lowest BCUT2D eigenvalue weighted by atomic mass is 9.86. The SMILES string of the molecule is CC.CC.Cc1cc(N=Nc2ccc(O)c(C(C)(C)C)c2)ccc1O. The maximum Gasteiger partial charge on any atom is 0.119 e. The Labute approximate surface area is 152 Å². The number of aromatic hydroxyl groups is 2. The highest BCUT2D eigenvalue weighted by atomic mass is 16.3. The van der Waals surface area contributed by atoms with Crippen LogP contribution in [0.3, 0.4) is 0 Å². The fourth-order valence-electron chi connectivity index (χ4n) is 2.00. The number of hydrogen-bond donors (Lipinski definition) is 2. The summed E-state index contributed by atoms with van der Waals surface area (Å²) in [6.07, 6.45) is 0. The predicted octanol–water partition coefficient (Wildman–Crippen LogP) is 7.17. The molecule has 0 aromatic heterocycles. The van der Waals surface area contributed by atoms with Gasteiger partial charge in [0.2, 0.25) is 0 Å². The van der Waals surface area contributed by atoms with Crippen molar-refractivity contribution in [3.8, 4) is 11.5 Å². The molecular weight excluding hydrogens is 312 g/mol. The van der Waals surface area contributed by atoms with E-state index in [1.165, 1.54) is 0 Å². The van der Waals surface area contributed by atoms with Gasteiger partial charge in [-0.25, -0.2) is 0 Å². The van der Waals surface area contributed by atoms with Crippen LogP contribution in [0.2, 0.25) is 0 Å². The van der Waals surface area contributed by atoms with Crippen LogP contribution in [0, 0.1) is 6.92 Å². The highest BCUT2D eigenvalue weighted by molar-refractivity contribution is 5.50. The third-order valence-corrected chi connectivity index (χ3v) is 3.25. The van der Waals surface area contributed by atoms with E-state index >= 15 is 0 Å². The largest absolute Gasteiger partial charge is 0.508 e. The van der Waals surface area contributed by atoms with Crippen molar-refractivity contribution in [2.45, 2.75) is 60.8 Å². The zero-order valence-electron chi connectivity index (χ0n) is 16.8. The smallest absolute Gasteiger partial charge is 0.119 e. The third-order valence-electron chi connectivity index (χ3n) is 3.25. The monoisotopic (exact) mass is 344 g/mol. The van der Waals surface area contributed by atoms with Crippen LogP contribution in [0.1, 0.15) is 59.6 Å². The van der Waals surface area contributed by atoms with Gasteiger partial charge in [0, 0.05) is 5.56 Å². The van der Waals surface area contributed by atoms with Crippen LogP contribution in [0.5, 0.6) is 11.5 Å².